The average Bonchev–Trinajstić information content (AvgIpc) is 2.18. The van der Waals surface area contributed by atoms with E-state index in [0.29, 0.717) is 12.1 Å². The average molecular weight is 197 g/mol. The molecule has 2 nitrogen and oxygen atoms in total. The molecule has 0 aromatic heterocycles. The lowest BCUT2D eigenvalue weighted by molar-refractivity contribution is 0.109. The van der Waals surface area contributed by atoms with Gasteiger partial charge in [-0.3, -0.25) is 4.90 Å². The van der Waals surface area contributed by atoms with Crippen molar-refractivity contribution in [2.75, 3.05) is 13.2 Å². The summed E-state index contributed by atoms with van der Waals surface area (Å²) in [5, 5.41) is 8.97. The lowest BCUT2D eigenvalue weighted by Crippen LogP contribution is -2.44. The number of hydrogen-bond donors (Lipinski definition) is 1. The van der Waals surface area contributed by atoms with Gasteiger partial charge in [-0.2, -0.15) is 0 Å². The molecule has 1 heterocycles. The smallest absolute Gasteiger partial charge is 0.0639 e. The van der Waals surface area contributed by atoms with Gasteiger partial charge in [-0.05, 0) is 39.7 Å². The second kappa shape index (κ2) is 5.52. The first-order chi connectivity index (χ1) is 6.65. The number of nitrogens with zero attached hydrogens (tertiary/aromatic N) is 1. The topological polar surface area (TPSA) is 23.5 Å². The normalized spacial score (nSPS) is 24.1. The quantitative estimate of drug-likeness (QED) is 0.698. The number of likely N-dealkylation sites (tertiary alicyclic amines) is 1. The molecule has 1 N–H and O–H groups in total. The van der Waals surface area contributed by atoms with Crippen molar-refractivity contribution in [3.05, 3.63) is 12.2 Å². The van der Waals surface area contributed by atoms with Gasteiger partial charge in [-0.25, -0.2) is 0 Å². The fraction of sp³-hybridized carbons (Fsp3) is 0.833. The summed E-state index contributed by atoms with van der Waals surface area (Å²) < 4.78 is 0. The third-order valence-corrected chi connectivity index (χ3v) is 3.08. The van der Waals surface area contributed by atoms with Crippen LogP contribution in [0.3, 0.4) is 0 Å². The van der Waals surface area contributed by atoms with Crippen LogP contribution in [0, 0.1) is 0 Å². The van der Waals surface area contributed by atoms with Crippen LogP contribution in [0.4, 0.5) is 0 Å². The highest BCUT2D eigenvalue weighted by atomic mass is 16.3. The van der Waals surface area contributed by atoms with Gasteiger partial charge in [0.15, 0.2) is 0 Å². The van der Waals surface area contributed by atoms with Gasteiger partial charge < -0.3 is 5.11 Å². The van der Waals surface area contributed by atoms with Crippen LogP contribution in [0.5, 0.6) is 0 Å². The first-order valence-corrected chi connectivity index (χ1v) is 5.68. The van der Waals surface area contributed by atoms with E-state index < -0.39 is 0 Å². The molecular formula is C12H23NO. The Morgan fingerprint density at radius 2 is 2.21 bits per heavy atom. The van der Waals surface area contributed by atoms with Gasteiger partial charge >= 0.3 is 0 Å². The van der Waals surface area contributed by atoms with Crippen molar-refractivity contribution in [1.29, 1.82) is 0 Å². The monoisotopic (exact) mass is 197 g/mol. The van der Waals surface area contributed by atoms with Crippen molar-refractivity contribution >= 4 is 0 Å². The van der Waals surface area contributed by atoms with Crippen molar-refractivity contribution in [1.82, 2.24) is 4.90 Å². The zero-order valence-electron chi connectivity index (χ0n) is 9.50. The lowest BCUT2D eigenvalue weighted by atomic mass is 9.95. The van der Waals surface area contributed by atoms with Crippen molar-refractivity contribution in [2.45, 2.75) is 51.6 Å². The molecule has 1 aliphatic heterocycles. The first-order valence-electron chi connectivity index (χ1n) is 5.68. The standard InChI is InChI=1S/C12H23NO/c1-10(2)13-7-5-4-6-12(13)8-11(3)9-14/h10,12,14H,3-9H2,1-2H3. The molecule has 82 valence electrons. The molecule has 0 aromatic carbocycles. The summed E-state index contributed by atoms with van der Waals surface area (Å²) in [4.78, 5) is 2.55. The van der Waals surface area contributed by atoms with Gasteiger partial charge in [0.25, 0.3) is 0 Å². The Hall–Kier alpha value is -0.340. The van der Waals surface area contributed by atoms with Crippen molar-refractivity contribution in [3.63, 3.8) is 0 Å². The number of hydrogen-bond acceptors (Lipinski definition) is 2. The molecule has 1 aliphatic rings. The van der Waals surface area contributed by atoms with E-state index >= 15 is 0 Å². The van der Waals surface area contributed by atoms with E-state index in [1.807, 2.05) is 0 Å². The summed E-state index contributed by atoms with van der Waals surface area (Å²) in [6, 6.07) is 1.23. The maximum atomic E-state index is 8.97. The van der Waals surface area contributed by atoms with E-state index in [1.54, 1.807) is 0 Å². The highest BCUT2D eigenvalue weighted by molar-refractivity contribution is 4.99. The SMILES string of the molecule is C=C(CO)CC1CCCCN1C(C)C. The molecule has 0 bridgehead atoms. The minimum absolute atomic E-state index is 0.141. The third kappa shape index (κ3) is 3.10. The van der Waals surface area contributed by atoms with Crippen LogP contribution in [0.1, 0.15) is 39.5 Å². The van der Waals surface area contributed by atoms with Crippen LogP contribution < -0.4 is 0 Å². The predicted molar refractivity (Wildman–Crippen MR) is 60.3 cm³/mol. The van der Waals surface area contributed by atoms with Gasteiger partial charge in [0.2, 0.25) is 0 Å². The third-order valence-electron chi connectivity index (χ3n) is 3.08. The van der Waals surface area contributed by atoms with Gasteiger partial charge in [-0.15, -0.1) is 0 Å². The highest BCUT2D eigenvalue weighted by Crippen LogP contribution is 2.23. The lowest BCUT2D eigenvalue weighted by Gasteiger charge is -2.39. The second-order valence-electron chi connectivity index (χ2n) is 4.59. The van der Waals surface area contributed by atoms with Crippen molar-refractivity contribution in [2.24, 2.45) is 0 Å². The summed E-state index contributed by atoms with van der Waals surface area (Å²) in [6.45, 7) is 9.74. The van der Waals surface area contributed by atoms with Crippen LogP contribution in [-0.4, -0.2) is 35.2 Å². The minimum Gasteiger partial charge on any atom is -0.392 e. The molecular weight excluding hydrogens is 174 g/mol. The van der Waals surface area contributed by atoms with Gasteiger partial charge in [0, 0.05) is 12.1 Å². The highest BCUT2D eigenvalue weighted by Gasteiger charge is 2.24. The zero-order chi connectivity index (χ0) is 10.6. The van der Waals surface area contributed by atoms with E-state index in [0.717, 1.165) is 12.0 Å². The van der Waals surface area contributed by atoms with Gasteiger partial charge in [0.1, 0.15) is 0 Å². The molecule has 0 spiro atoms. The maximum absolute atomic E-state index is 8.97. The minimum atomic E-state index is 0.141. The van der Waals surface area contributed by atoms with Crippen molar-refractivity contribution in [3.8, 4) is 0 Å². The summed E-state index contributed by atoms with van der Waals surface area (Å²) in [5.74, 6) is 0. The fourth-order valence-electron chi connectivity index (χ4n) is 2.32. The summed E-state index contributed by atoms with van der Waals surface area (Å²) >= 11 is 0. The Bertz CT molecular complexity index is 189. The Morgan fingerprint density at radius 3 is 2.79 bits per heavy atom. The molecule has 1 atom stereocenters. The van der Waals surface area contributed by atoms with Crippen LogP contribution in [0.15, 0.2) is 12.2 Å². The van der Waals surface area contributed by atoms with E-state index in [9.17, 15) is 0 Å². The van der Waals surface area contributed by atoms with Crippen molar-refractivity contribution < 1.29 is 5.11 Å². The molecule has 14 heavy (non-hydrogen) atoms. The van der Waals surface area contributed by atoms with E-state index in [2.05, 4.69) is 25.3 Å². The molecule has 0 saturated carbocycles. The molecule has 2 heteroatoms. The number of aliphatic hydroxyl groups is 1. The van der Waals surface area contributed by atoms with Crippen LogP contribution in [0.25, 0.3) is 0 Å². The molecule has 1 rings (SSSR count). The van der Waals surface area contributed by atoms with Crippen LogP contribution in [-0.2, 0) is 0 Å². The number of rotatable bonds is 4. The fourth-order valence-corrected chi connectivity index (χ4v) is 2.32. The molecule has 0 aromatic rings. The number of piperidine rings is 1. The Morgan fingerprint density at radius 1 is 1.50 bits per heavy atom. The molecule has 0 radical (unpaired) electrons. The summed E-state index contributed by atoms with van der Waals surface area (Å²) in [6.07, 6.45) is 4.87. The van der Waals surface area contributed by atoms with E-state index in [4.69, 9.17) is 5.11 Å². The van der Waals surface area contributed by atoms with E-state index in [-0.39, 0.29) is 6.61 Å². The van der Waals surface area contributed by atoms with Gasteiger partial charge in [0.05, 0.1) is 6.61 Å². The predicted octanol–water partition coefficient (Wildman–Crippen LogP) is 2.19. The zero-order valence-corrected chi connectivity index (χ0v) is 9.50. The Kier molecular flexibility index (Phi) is 4.63. The molecule has 0 amide bonds. The molecule has 1 saturated heterocycles. The van der Waals surface area contributed by atoms with Crippen LogP contribution in [0.2, 0.25) is 0 Å². The summed E-state index contributed by atoms with van der Waals surface area (Å²) in [7, 11) is 0. The Balaban J connectivity index is 2.49. The second-order valence-corrected chi connectivity index (χ2v) is 4.59. The van der Waals surface area contributed by atoms with Crippen LogP contribution >= 0.6 is 0 Å². The van der Waals surface area contributed by atoms with Gasteiger partial charge in [-0.1, -0.05) is 18.6 Å². The Labute approximate surface area is 87.6 Å². The maximum Gasteiger partial charge on any atom is 0.0639 e. The largest absolute Gasteiger partial charge is 0.392 e. The summed E-state index contributed by atoms with van der Waals surface area (Å²) in [5.41, 5.74) is 0.975. The molecule has 0 aliphatic carbocycles. The molecule has 1 fully saturated rings. The number of aliphatic hydroxyl groups excluding tert-OH is 1. The first kappa shape index (κ1) is 11.7. The van der Waals surface area contributed by atoms with E-state index in [1.165, 1.54) is 25.8 Å². The molecule has 1 unspecified atom stereocenters.